The Labute approximate surface area is 150 Å². The van der Waals surface area contributed by atoms with Gasteiger partial charge in [0.2, 0.25) is 5.91 Å². The number of carbonyl (C=O) groups excluding carboxylic acids is 1. The first-order valence-corrected chi connectivity index (χ1v) is 9.80. The molecule has 4 rings (SSSR count). The number of likely N-dealkylation sites (tertiary alicyclic amines) is 2. The van der Waals surface area contributed by atoms with Crippen molar-refractivity contribution in [2.75, 3.05) is 32.7 Å². The molecule has 2 atom stereocenters. The minimum atomic E-state index is 0.272. The second-order valence-corrected chi connectivity index (χ2v) is 8.43. The summed E-state index contributed by atoms with van der Waals surface area (Å²) in [4.78, 5) is 17.3. The van der Waals surface area contributed by atoms with Crippen LogP contribution in [0, 0.1) is 17.8 Å². The molecule has 2 heterocycles. The van der Waals surface area contributed by atoms with Gasteiger partial charge in [0.05, 0.1) is 6.42 Å². The monoisotopic (exact) mass is 346 g/mol. The number of hydrogen-bond acceptors (Lipinski definition) is 2. The summed E-state index contributed by atoms with van der Waals surface area (Å²) in [7, 11) is 0. The van der Waals surface area contributed by atoms with Crippen LogP contribution in [0.25, 0.3) is 0 Å². The maximum absolute atomic E-state index is 12.6. The third-order valence-corrected chi connectivity index (χ3v) is 6.43. The van der Waals surface area contributed by atoms with Crippen LogP contribution in [0.3, 0.4) is 0 Å². The number of rotatable bonds is 4. The van der Waals surface area contributed by atoms with Crippen molar-refractivity contribution in [1.29, 1.82) is 0 Å². The van der Waals surface area contributed by atoms with Crippen molar-refractivity contribution in [1.82, 2.24) is 9.80 Å². The number of halogens is 1. The molecular formula is C20H27ClN2O. The van der Waals surface area contributed by atoms with Gasteiger partial charge in [0.15, 0.2) is 0 Å². The third kappa shape index (κ3) is 3.62. The summed E-state index contributed by atoms with van der Waals surface area (Å²) in [6.07, 6.45) is 6.22. The van der Waals surface area contributed by atoms with Crippen molar-refractivity contribution < 1.29 is 4.79 Å². The van der Waals surface area contributed by atoms with Gasteiger partial charge in [-0.1, -0.05) is 36.6 Å². The van der Waals surface area contributed by atoms with Crippen LogP contribution in [-0.2, 0) is 11.2 Å². The molecule has 2 saturated heterocycles. The zero-order valence-corrected chi connectivity index (χ0v) is 15.0. The number of fused-ring (bicyclic) bond motifs is 1. The molecular weight excluding hydrogens is 320 g/mol. The standard InChI is InChI=1S/C20H27ClN2O/c21-19-7-5-15(6-8-19)9-20(24)23-13-17-11-22(12-18(17)14-23)10-16-3-1-2-4-16/h5-8,16-18H,1-4,9-14H2/t17-,18-/m0/s1. The van der Waals surface area contributed by atoms with E-state index in [1.54, 1.807) is 0 Å². The summed E-state index contributed by atoms with van der Waals surface area (Å²) in [6.45, 7) is 5.61. The molecule has 3 aliphatic rings. The Morgan fingerprint density at radius 3 is 2.25 bits per heavy atom. The van der Waals surface area contributed by atoms with Crippen molar-refractivity contribution in [3.8, 4) is 0 Å². The molecule has 0 aromatic heterocycles. The van der Waals surface area contributed by atoms with E-state index < -0.39 is 0 Å². The fourth-order valence-electron chi connectivity index (χ4n) is 4.89. The summed E-state index contributed by atoms with van der Waals surface area (Å²) >= 11 is 5.91. The molecule has 1 aromatic rings. The van der Waals surface area contributed by atoms with Gasteiger partial charge in [0, 0.05) is 37.7 Å². The van der Waals surface area contributed by atoms with E-state index >= 15 is 0 Å². The van der Waals surface area contributed by atoms with Gasteiger partial charge in [-0.25, -0.2) is 0 Å². The predicted octanol–water partition coefficient (Wildman–Crippen LogP) is 3.46. The molecule has 1 aromatic carbocycles. The molecule has 2 aliphatic heterocycles. The molecule has 0 spiro atoms. The Kier molecular flexibility index (Phi) is 4.82. The second-order valence-electron chi connectivity index (χ2n) is 7.99. The topological polar surface area (TPSA) is 23.6 Å². The van der Waals surface area contributed by atoms with Gasteiger partial charge in [-0.05, 0) is 48.3 Å². The van der Waals surface area contributed by atoms with Crippen LogP contribution in [0.2, 0.25) is 5.02 Å². The van der Waals surface area contributed by atoms with Crippen molar-refractivity contribution in [3.63, 3.8) is 0 Å². The van der Waals surface area contributed by atoms with Gasteiger partial charge in [0.1, 0.15) is 0 Å². The first kappa shape index (κ1) is 16.4. The number of amides is 1. The zero-order valence-electron chi connectivity index (χ0n) is 14.3. The Hall–Kier alpha value is -1.06. The highest BCUT2D eigenvalue weighted by Gasteiger charge is 2.41. The van der Waals surface area contributed by atoms with Crippen LogP contribution in [0.15, 0.2) is 24.3 Å². The Morgan fingerprint density at radius 1 is 1.00 bits per heavy atom. The average Bonchev–Trinajstić information content (AvgIpc) is 3.26. The van der Waals surface area contributed by atoms with Crippen LogP contribution >= 0.6 is 11.6 Å². The van der Waals surface area contributed by atoms with E-state index in [0.29, 0.717) is 18.3 Å². The smallest absolute Gasteiger partial charge is 0.227 e. The molecule has 1 aliphatic carbocycles. The van der Waals surface area contributed by atoms with Crippen LogP contribution < -0.4 is 0 Å². The molecule has 3 fully saturated rings. The van der Waals surface area contributed by atoms with E-state index in [2.05, 4.69) is 9.80 Å². The van der Waals surface area contributed by atoms with Crippen molar-refractivity contribution in [2.45, 2.75) is 32.1 Å². The molecule has 130 valence electrons. The molecule has 0 bridgehead atoms. The highest BCUT2D eigenvalue weighted by Crippen LogP contribution is 2.34. The van der Waals surface area contributed by atoms with Crippen molar-refractivity contribution in [3.05, 3.63) is 34.9 Å². The largest absolute Gasteiger partial charge is 0.342 e. The fraction of sp³-hybridized carbons (Fsp3) is 0.650. The van der Waals surface area contributed by atoms with Gasteiger partial charge in [-0.15, -0.1) is 0 Å². The molecule has 3 nitrogen and oxygen atoms in total. The summed E-state index contributed by atoms with van der Waals surface area (Å²) in [5.41, 5.74) is 1.06. The average molecular weight is 347 g/mol. The van der Waals surface area contributed by atoms with Crippen LogP contribution in [0.5, 0.6) is 0 Å². The molecule has 0 N–H and O–H groups in total. The molecule has 0 radical (unpaired) electrons. The van der Waals surface area contributed by atoms with Crippen LogP contribution in [0.1, 0.15) is 31.2 Å². The molecule has 4 heteroatoms. The van der Waals surface area contributed by atoms with Gasteiger partial charge in [0.25, 0.3) is 0 Å². The minimum Gasteiger partial charge on any atom is -0.342 e. The number of hydrogen-bond donors (Lipinski definition) is 0. The minimum absolute atomic E-state index is 0.272. The SMILES string of the molecule is O=C(Cc1ccc(Cl)cc1)N1C[C@@H]2CN(CC3CCCC3)C[C@H]2C1. The first-order valence-electron chi connectivity index (χ1n) is 9.42. The lowest BCUT2D eigenvalue weighted by molar-refractivity contribution is -0.129. The van der Waals surface area contributed by atoms with Crippen LogP contribution in [-0.4, -0.2) is 48.4 Å². The Morgan fingerprint density at radius 2 is 1.62 bits per heavy atom. The summed E-state index contributed by atoms with van der Waals surface area (Å²) in [6, 6.07) is 7.65. The second kappa shape index (κ2) is 7.05. The lowest BCUT2D eigenvalue weighted by atomic mass is 10.0. The maximum atomic E-state index is 12.6. The molecule has 24 heavy (non-hydrogen) atoms. The van der Waals surface area contributed by atoms with E-state index in [-0.39, 0.29) is 5.91 Å². The van der Waals surface area contributed by atoms with E-state index in [9.17, 15) is 4.79 Å². The summed E-state index contributed by atoms with van der Waals surface area (Å²) in [5.74, 6) is 2.60. The molecule has 1 amide bonds. The van der Waals surface area contributed by atoms with E-state index in [4.69, 9.17) is 11.6 Å². The number of benzene rings is 1. The lowest BCUT2D eigenvalue weighted by Crippen LogP contribution is -2.35. The highest BCUT2D eigenvalue weighted by molar-refractivity contribution is 6.30. The predicted molar refractivity (Wildman–Crippen MR) is 97.1 cm³/mol. The van der Waals surface area contributed by atoms with E-state index in [0.717, 1.165) is 29.6 Å². The van der Waals surface area contributed by atoms with E-state index in [1.807, 2.05) is 24.3 Å². The third-order valence-electron chi connectivity index (χ3n) is 6.17. The molecule has 1 saturated carbocycles. The lowest BCUT2D eigenvalue weighted by Gasteiger charge is -2.24. The van der Waals surface area contributed by atoms with Gasteiger partial charge >= 0.3 is 0 Å². The Bertz CT molecular complexity index is 568. The van der Waals surface area contributed by atoms with Crippen molar-refractivity contribution >= 4 is 17.5 Å². The molecule has 0 unspecified atom stereocenters. The Balaban J connectivity index is 1.27. The van der Waals surface area contributed by atoms with Gasteiger partial charge in [-0.3, -0.25) is 4.79 Å². The quantitative estimate of drug-likeness (QED) is 0.833. The zero-order chi connectivity index (χ0) is 16.5. The van der Waals surface area contributed by atoms with E-state index in [1.165, 1.54) is 45.3 Å². The van der Waals surface area contributed by atoms with Gasteiger partial charge in [-0.2, -0.15) is 0 Å². The van der Waals surface area contributed by atoms with Crippen molar-refractivity contribution in [2.24, 2.45) is 17.8 Å². The fourth-order valence-corrected chi connectivity index (χ4v) is 5.02. The maximum Gasteiger partial charge on any atom is 0.227 e. The number of carbonyl (C=O) groups is 1. The van der Waals surface area contributed by atoms with Gasteiger partial charge < -0.3 is 9.80 Å². The van der Waals surface area contributed by atoms with Crippen LogP contribution in [0.4, 0.5) is 0 Å². The number of nitrogens with zero attached hydrogens (tertiary/aromatic N) is 2. The first-order chi connectivity index (χ1) is 11.7. The normalized spacial score (nSPS) is 27.8. The summed E-state index contributed by atoms with van der Waals surface area (Å²) < 4.78 is 0. The highest BCUT2D eigenvalue weighted by atomic mass is 35.5. The summed E-state index contributed by atoms with van der Waals surface area (Å²) in [5, 5.41) is 0.726.